The van der Waals surface area contributed by atoms with Crippen molar-refractivity contribution in [2.24, 2.45) is 0 Å². The fourth-order valence-corrected chi connectivity index (χ4v) is 3.21. The van der Waals surface area contributed by atoms with Crippen LogP contribution in [-0.4, -0.2) is 46.5 Å². The van der Waals surface area contributed by atoms with Crippen LogP contribution in [0, 0.1) is 0 Å². The predicted molar refractivity (Wildman–Crippen MR) is 59.7 cm³/mol. The van der Waals surface area contributed by atoms with Crippen LogP contribution in [0.25, 0.3) is 0 Å². The highest BCUT2D eigenvalue weighted by atomic mass is 16.3. The summed E-state index contributed by atoms with van der Waals surface area (Å²) in [6.45, 7) is 0. The SMILES string of the molecule is CN(C1CCCCC1O)[C@H]1CCC[C@@H]1O. The van der Waals surface area contributed by atoms with E-state index in [0.29, 0.717) is 0 Å². The van der Waals surface area contributed by atoms with Gasteiger partial charge in [-0.3, -0.25) is 4.90 Å². The van der Waals surface area contributed by atoms with Gasteiger partial charge in [0.15, 0.2) is 0 Å². The second-order valence-corrected chi connectivity index (χ2v) is 5.15. The molecule has 3 heteroatoms. The van der Waals surface area contributed by atoms with Gasteiger partial charge < -0.3 is 10.2 Å². The van der Waals surface area contributed by atoms with Crippen molar-refractivity contribution in [3.63, 3.8) is 0 Å². The molecule has 2 fully saturated rings. The van der Waals surface area contributed by atoms with E-state index in [4.69, 9.17) is 0 Å². The molecule has 0 aliphatic heterocycles. The summed E-state index contributed by atoms with van der Waals surface area (Å²) >= 11 is 0. The van der Waals surface area contributed by atoms with Crippen molar-refractivity contribution in [1.82, 2.24) is 4.90 Å². The summed E-state index contributed by atoms with van der Waals surface area (Å²) in [4.78, 5) is 2.24. The van der Waals surface area contributed by atoms with Crippen molar-refractivity contribution in [1.29, 1.82) is 0 Å². The first-order valence-corrected chi connectivity index (χ1v) is 6.28. The van der Waals surface area contributed by atoms with Gasteiger partial charge in [0.25, 0.3) is 0 Å². The van der Waals surface area contributed by atoms with Crippen molar-refractivity contribution in [3.05, 3.63) is 0 Å². The van der Waals surface area contributed by atoms with Crippen LogP contribution in [0.3, 0.4) is 0 Å². The molecule has 2 aliphatic carbocycles. The summed E-state index contributed by atoms with van der Waals surface area (Å²) in [5.74, 6) is 0. The molecule has 0 aromatic heterocycles. The van der Waals surface area contributed by atoms with Crippen LogP contribution in [-0.2, 0) is 0 Å². The Morgan fingerprint density at radius 3 is 1.80 bits per heavy atom. The highest BCUT2D eigenvalue weighted by Crippen LogP contribution is 2.29. The van der Waals surface area contributed by atoms with E-state index >= 15 is 0 Å². The Labute approximate surface area is 92.1 Å². The van der Waals surface area contributed by atoms with E-state index in [2.05, 4.69) is 11.9 Å². The first-order chi connectivity index (χ1) is 7.20. The molecule has 2 unspecified atom stereocenters. The zero-order valence-corrected chi connectivity index (χ0v) is 9.60. The van der Waals surface area contributed by atoms with E-state index in [-0.39, 0.29) is 24.3 Å². The molecule has 0 aromatic carbocycles. The number of rotatable bonds is 2. The van der Waals surface area contributed by atoms with Gasteiger partial charge in [-0.1, -0.05) is 12.8 Å². The third kappa shape index (κ3) is 2.35. The van der Waals surface area contributed by atoms with Crippen LogP contribution in [0.1, 0.15) is 44.9 Å². The van der Waals surface area contributed by atoms with E-state index in [9.17, 15) is 10.2 Å². The zero-order valence-electron chi connectivity index (χ0n) is 9.60. The Morgan fingerprint density at radius 1 is 0.800 bits per heavy atom. The lowest BCUT2D eigenvalue weighted by Gasteiger charge is -2.39. The van der Waals surface area contributed by atoms with Crippen molar-refractivity contribution < 1.29 is 10.2 Å². The quantitative estimate of drug-likeness (QED) is 0.723. The number of aliphatic hydroxyl groups is 2. The van der Waals surface area contributed by atoms with Crippen molar-refractivity contribution in [2.45, 2.75) is 69.2 Å². The molecule has 0 spiro atoms. The fourth-order valence-electron chi connectivity index (χ4n) is 3.21. The zero-order chi connectivity index (χ0) is 10.8. The van der Waals surface area contributed by atoms with Gasteiger partial charge in [-0.15, -0.1) is 0 Å². The Morgan fingerprint density at radius 2 is 1.27 bits per heavy atom. The molecule has 0 amide bonds. The predicted octanol–water partition coefficient (Wildman–Crippen LogP) is 1.14. The topological polar surface area (TPSA) is 43.7 Å². The van der Waals surface area contributed by atoms with Crippen molar-refractivity contribution in [3.8, 4) is 0 Å². The number of hydrogen-bond donors (Lipinski definition) is 2. The first kappa shape index (κ1) is 11.4. The maximum atomic E-state index is 9.96. The minimum Gasteiger partial charge on any atom is -0.391 e. The summed E-state index contributed by atoms with van der Waals surface area (Å²) in [5.41, 5.74) is 0. The standard InChI is InChI=1S/C12H23NO2/c1-13(10-6-4-8-12(10)15)9-5-2-3-7-11(9)14/h9-12,14-15H,2-8H2,1H3/t9?,10-,11?,12-/m0/s1. The molecule has 15 heavy (non-hydrogen) atoms. The van der Waals surface area contributed by atoms with Crippen LogP contribution in [0.5, 0.6) is 0 Å². The van der Waals surface area contributed by atoms with Crippen molar-refractivity contribution in [2.75, 3.05) is 7.05 Å². The molecule has 3 nitrogen and oxygen atoms in total. The second kappa shape index (κ2) is 4.81. The smallest absolute Gasteiger partial charge is 0.0695 e. The van der Waals surface area contributed by atoms with Gasteiger partial charge in [-0.2, -0.15) is 0 Å². The Kier molecular flexibility index (Phi) is 3.65. The summed E-state index contributed by atoms with van der Waals surface area (Å²) < 4.78 is 0. The minimum absolute atomic E-state index is 0.177. The molecular weight excluding hydrogens is 190 g/mol. The van der Waals surface area contributed by atoms with Crippen LogP contribution in [0.15, 0.2) is 0 Å². The van der Waals surface area contributed by atoms with Gasteiger partial charge >= 0.3 is 0 Å². The molecule has 0 saturated heterocycles. The number of hydrogen-bond acceptors (Lipinski definition) is 3. The summed E-state index contributed by atoms with van der Waals surface area (Å²) in [6.07, 6.45) is 7.16. The Bertz CT molecular complexity index is 210. The van der Waals surface area contributed by atoms with Crippen LogP contribution in [0.2, 0.25) is 0 Å². The minimum atomic E-state index is -0.184. The van der Waals surface area contributed by atoms with E-state index in [1.54, 1.807) is 0 Å². The highest BCUT2D eigenvalue weighted by molar-refractivity contribution is 4.90. The average Bonchev–Trinajstić information content (AvgIpc) is 2.64. The Balaban J connectivity index is 1.96. The van der Waals surface area contributed by atoms with Gasteiger partial charge in [0.05, 0.1) is 12.2 Å². The first-order valence-electron chi connectivity index (χ1n) is 6.28. The fraction of sp³-hybridized carbons (Fsp3) is 1.00. The maximum Gasteiger partial charge on any atom is 0.0695 e. The van der Waals surface area contributed by atoms with Crippen LogP contribution in [0.4, 0.5) is 0 Å². The molecular formula is C12H23NO2. The lowest BCUT2D eigenvalue weighted by atomic mass is 9.90. The molecule has 88 valence electrons. The lowest BCUT2D eigenvalue weighted by molar-refractivity contribution is -0.0135. The molecule has 0 radical (unpaired) electrons. The molecule has 2 N–H and O–H groups in total. The third-order valence-corrected chi connectivity index (χ3v) is 4.18. The van der Waals surface area contributed by atoms with Crippen LogP contribution >= 0.6 is 0 Å². The van der Waals surface area contributed by atoms with E-state index in [1.807, 2.05) is 0 Å². The molecule has 2 rings (SSSR count). The molecule has 2 saturated carbocycles. The number of likely N-dealkylation sites (N-methyl/N-ethyl adjacent to an activating group) is 1. The van der Waals surface area contributed by atoms with E-state index in [1.165, 1.54) is 6.42 Å². The molecule has 2 aliphatic rings. The van der Waals surface area contributed by atoms with Gasteiger partial charge in [0.1, 0.15) is 0 Å². The second-order valence-electron chi connectivity index (χ2n) is 5.15. The number of nitrogens with zero attached hydrogens (tertiary/aromatic N) is 1. The summed E-state index contributed by atoms with van der Waals surface area (Å²) in [5, 5.41) is 19.8. The summed E-state index contributed by atoms with van der Waals surface area (Å²) in [6, 6.07) is 0.555. The van der Waals surface area contributed by atoms with Crippen LogP contribution < -0.4 is 0 Å². The normalized spacial score (nSPS) is 42.4. The van der Waals surface area contributed by atoms with Crippen molar-refractivity contribution >= 4 is 0 Å². The number of aliphatic hydroxyl groups excluding tert-OH is 2. The van der Waals surface area contributed by atoms with Gasteiger partial charge in [-0.25, -0.2) is 0 Å². The summed E-state index contributed by atoms with van der Waals surface area (Å²) in [7, 11) is 2.07. The molecule has 4 atom stereocenters. The van der Waals surface area contributed by atoms with Gasteiger partial charge in [-0.05, 0) is 39.2 Å². The molecule has 0 bridgehead atoms. The monoisotopic (exact) mass is 213 g/mol. The largest absolute Gasteiger partial charge is 0.391 e. The van der Waals surface area contributed by atoms with E-state index < -0.39 is 0 Å². The average molecular weight is 213 g/mol. The van der Waals surface area contributed by atoms with Gasteiger partial charge in [0, 0.05) is 12.1 Å². The maximum absolute atomic E-state index is 9.96. The third-order valence-electron chi connectivity index (χ3n) is 4.18. The lowest BCUT2D eigenvalue weighted by Crippen LogP contribution is -2.50. The Hall–Kier alpha value is -0.120. The highest BCUT2D eigenvalue weighted by Gasteiger charge is 2.35. The van der Waals surface area contributed by atoms with E-state index in [0.717, 1.165) is 38.5 Å². The molecule has 0 heterocycles. The van der Waals surface area contributed by atoms with Gasteiger partial charge in [0.2, 0.25) is 0 Å². The molecule has 0 aromatic rings.